The van der Waals surface area contributed by atoms with Gasteiger partial charge in [0.05, 0.1) is 12.5 Å². The van der Waals surface area contributed by atoms with Crippen molar-refractivity contribution < 1.29 is 0 Å². The summed E-state index contributed by atoms with van der Waals surface area (Å²) in [5, 5.41) is 12.0. The van der Waals surface area contributed by atoms with Crippen molar-refractivity contribution in [1.29, 1.82) is 5.26 Å². The third kappa shape index (κ3) is 3.93. The van der Waals surface area contributed by atoms with Gasteiger partial charge >= 0.3 is 0 Å². The molecule has 0 saturated heterocycles. The maximum atomic E-state index is 8.88. The number of nitrogens with one attached hydrogen (secondary N) is 1. The lowest BCUT2D eigenvalue weighted by atomic mass is 10.2. The topological polar surface area (TPSA) is 64.8 Å². The molecule has 1 heterocycles. The van der Waals surface area contributed by atoms with Crippen LogP contribution in [0, 0.1) is 18.3 Å². The second-order valence-corrected chi connectivity index (χ2v) is 4.62. The Morgan fingerprint density at radius 2 is 2.00 bits per heavy atom. The van der Waals surface area contributed by atoms with Crippen LogP contribution in [-0.2, 0) is 0 Å². The summed E-state index contributed by atoms with van der Waals surface area (Å²) >= 11 is 0. The highest BCUT2D eigenvalue weighted by Gasteiger charge is 2.12. The van der Waals surface area contributed by atoms with Crippen LogP contribution in [0.15, 0.2) is 36.4 Å². The minimum absolute atomic E-state index is 0.439. The quantitative estimate of drug-likeness (QED) is 0.880. The fourth-order valence-corrected chi connectivity index (χ4v) is 2.07. The van der Waals surface area contributed by atoms with Crippen molar-refractivity contribution in [3.8, 4) is 6.07 Å². The fraction of sp³-hybridized carbons (Fsp3) is 0.312. The van der Waals surface area contributed by atoms with Crippen molar-refractivity contribution in [1.82, 2.24) is 9.97 Å². The van der Waals surface area contributed by atoms with E-state index in [0.717, 1.165) is 23.7 Å². The molecule has 0 radical (unpaired) electrons. The second kappa shape index (κ2) is 7.25. The summed E-state index contributed by atoms with van der Waals surface area (Å²) in [6.07, 6.45) is 0.439. The van der Waals surface area contributed by atoms with Gasteiger partial charge in [0.2, 0.25) is 5.95 Å². The molecule has 0 aliphatic heterocycles. The summed E-state index contributed by atoms with van der Waals surface area (Å²) in [6, 6.07) is 14.1. The third-order valence-corrected chi connectivity index (χ3v) is 2.97. The van der Waals surface area contributed by atoms with Crippen molar-refractivity contribution in [3.05, 3.63) is 42.1 Å². The molecule has 0 atom stereocenters. The van der Waals surface area contributed by atoms with Gasteiger partial charge in [0.25, 0.3) is 0 Å². The number of para-hydroxylation sites is 1. The molecule has 21 heavy (non-hydrogen) atoms. The van der Waals surface area contributed by atoms with E-state index in [-0.39, 0.29) is 0 Å². The zero-order valence-corrected chi connectivity index (χ0v) is 12.4. The summed E-state index contributed by atoms with van der Waals surface area (Å²) in [5.41, 5.74) is 1.92. The van der Waals surface area contributed by atoms with Gasteiger partial charge in [0.15, 0.2) is 0 Å². The molecule has 0 spiro atoms. The first-order valence-electron chi connectivity index (χ1n) is 7.03. The first kappa shape index (κ1) is 14.8. The number of benzene rings is 1. The van der Waals surface area contributed by atoms with Crippen molar-refractivity contribution in [2.24, 2.45) is 0 Å². The highest BCUT2D eigenvalue weighted by molar-refractivity contribution is 5.61. The molecule has 2 rings (SSSR count). The van der Waals surface area contributed by atoms with Crippen LogP contribution in [0.25, 0.3) is 0 Å². The highest BCUT2D eigenvalue weighted by Crippen LogP contribution is 2.24. The predicted octanol–water partition coefficient (Wildman–Crippen LogP) is 3.27. The minimum atomic E-state index is 0.439. The maximum absolute atomic E-state index is 8.88. The number of anilines is 3. The third-order valence-electron chi connectivity index (χ3n) is 2.97. The van der Waals surface area contributed by atoms with Gasteiger partial charge in [0.1, 0.15) is 5.82 Å². The molecule has 1 aromatic heterocycles. The van der Waals surface area contributed by atoms with E-state index < -0.39 is 0 Å². The smallest absolute Gasteiger partial charge is 0.224 e. The first-order chi connectivity index (χ1) is 10.2. The molecule has 0 fully saturated rings. The highest BCUT2D eigenvalue weighted by atomic mass is 15.2. The molecule has 108 valence electrons. The van der Waals surface area contributed by atoms with E-state index in [1.807, 2.05) is 55.1 Å². The van der Waals surface area contributed by atoms with Crippen molar-refractivity contribution >= 4 is 17.5 Å². The van der Waals surface area contributed by atoms with E-state index in [2.05, 4.69) is 21.4 Å². The number of nitrogens with zero attached hydrogens (tertiary/aromatic N) is 4. The molecule has 0 amide bonds. The summed E-state index contributed by atoms with van der Waals surface area (Å²) < 4.78 is 0. The Labute approximate surface area is 125 Å². The molecule has 0 aliphatic rings. The number of nitriles is 1. The van der Waals surface area contributed by atoms with E-state index in [1.165, 1.54) is 0 Å². The summed E-state index contributed by atoms with van der Waals surface area (Å²) in [7, 11) is 0. The SMILES string of the molecule is CCNc1nc(C)cc(N(CCC#N)c2ccccc2)n1. The molecular weight excluding hydrogens is 262 g/mol. The molecule has 1 N–H and O–H groups in total. The van der Waals surface area contributed by atoms with Crippen LogP contribution < -0.4 is 10.2 Å². The zero-order chi connectivity index (χ0) is 15.1. The summed E-state index contributed by atoms with van der Waals surface area (Å²) in [6.45, 7) is 5.32. The largest absolute Gasteiger partial charge is 0.354 e. The van der Waals surface area contributed by atoms with Crippen molar-refractivity contribution in [2.75, 3.05) is 23.3 Å². The van der Waals surface area contributed by atoms with Crippen LogP contribution in [0.1, 0.15) is 19.0 Å². The molecule has 0 aliphatic carbocycles. The van der Waals surface area contributed by atoms with Crippen molar-refractivity contribution in [2.45, 2.75) is 20.3 Å². The molecule has 1 aromatic carbocycles. The number of aryl methyl sites for hydroxylation is 1. The van der Waals surface area contributed by atoms with E-state index in [0.29, 0.717) is 18.9 Å². The first-order valence-corrected chi connectivity index (χ1v) is 7.03. The minimum Gasteiger partial charge on any atom is -0.354 e. The zero-order valence-electron chi connectivity index (χ0n) is 12.4. The van der Waals surface area contributed by atoms with E-state index >= 15 is 0 Å². The fourth-order valence-electron chi connectivity index (χ4n) is 2.07. The number of hydrogen-bond donors (Lipinski definition) is 1. The van der Waals surface area contributed by atoms with Gasteiger partial charge < -0.3 is 10.2 Å². The normalized spacial score (nSPS) is 9.95. The van der Waals surface area contributed by atoms with Crippen molar-refractivity contribution in [3.63, 3.8) is 0 Å². The van der Waals surface area contributed by atoms with Crippen LogP contribution in [0.5, 0.6) is 0 Å². The molecule has 0 saturated carbocycles. The molecular formula is C16H19N5. The molecule has 0 unspecified atom stereocenters. The number of hydrogen-bond acceptors (Lipinski definition) is 5. The standard InChI is InChI=1S/C16H19N5/c1-3-18-16-19-13(2)12-15(20-16)21(11-7-10-17)14-8-5-4-6-9-14/h4-6,8-9,12H,3,7,11H2,1-2H3,(H,18,19,20). The Morgan fingerprint density at radius 3 is 2.67 bits per heavy atom. The molecule has 5 nitrogen and oxygen atoms in total. The van der Waals surface area contributed by atoms with Gasteiger partial charge in [0, 0.05) is 30.5 Å². The Kier molecular flexibility index (Phi) is 5.10. The van der Waals surface area contributed by atoms with Gasteiger partial charge in [-0.1, -0.05) is 18.2 Å². The lowest BCUT2D eigenvalue weighted by Crippen LogP contribution is -2.20. The van der Waals surface area contributed by atoms with Gasteiger partial charge in [-0.3, -0.25) is 0 Å². The number of rotatable bonds is 6. The summed E-state index contributed by atoms with van der Waals surface area (Å²) in [4.78, 5) is 11.0. The van der Waals surface area contributed by atoms with Gasteiger partial charge in [-0.25, -0.2) is 4.98 Å². The van der Waals surface area contributed by atoms with Crippen LogP contribution in [0.2, 0.25) is 0 Å². The van der Waals surface area contributed by atoms with Crippen LogP contribution in [0.4, 0.5) is 17.5 Å². The van der Waals surface area contributed by atoms with Crippen LogP contribution in [-0.4, -0.2) is 23.1 Å². The van der Waals surface area contributed by atoms with Gasteiger partial charge in [-0.2, -0.15) is 10.2 Å². The Bertz CT molecular complexity index is 618. The average Bonchev–Trinajstić information content (AvgIpc) is 2.48. The molecule has 5 heteroatoms. The number of aromatic nitrogens is 2. The maximum Gasteiger partial charge on any atom is 0.224 e. The van der Waals surface area contributed by atoms with Gasteiger partial charge in [-0.15, -0.1) is 0 Å². The molecule has 0 bridgehead atoms. The predicted molar refractivity (Wildman–Crippen MR) is 84.6 cm³/mol. The Balaban J connectivity index is 2.39. The Morgan fingerprint density at radius 1 is 1.24 bits per heavy atom. The monoisotopic (exact) mass is 281 g/mol. The van der Waals surface area contributed by atoms with E-state index in [4.69, 9.17) is 5.26 Å². The second-order valence-electron chi connectivity index (χ2n) is 4.62. The van der Waals surface area contributed by atoms with E-state index in [9.17, 15) is 0 Å². The summed E-state index contributed by atoms with van der Waals surface area (Å²) in [5.74, 6) is 1.42. The lowest BCUT2D eigenvalue weighted by Gasteiger charge is -2.23. The van der Waals surface area contributed by atoms with Gasteiger partial charge in [-0.05, 0) is 26.0 Å². The molecule has 2 aromatic rings. The van der Waals surface area contributed by atoms with E-state index in [1.54, 1.807) is 0 Å². The van der Waals surface area contributed by atoms with Crippen LogP contribution >= 0.6 is 0 Å². The average molecular weight is 281 g/mol. The Hall–Kier alpha value is -2.61. The van der Waals surface area contributed by atoms with Crippen LogP contribution in [0.3, 0.4) is 0 Å². The lowest BCUT2D eigenvalue weighted by molar-refractivity contribution is 0.913.